The summed E-state index contributed by atoms with van der Waals surface area (Å²) in [5, 5.41) is 3.16. The fourth-order valence-corrected chi connectivity index (χ4v) is 5.92. The Hall–Kier alpha value is -2.42. The first-order chi connectivity index (χ1) is 15.9. The maximum Gasteiger partial charge on any atom is 0.311 e. The summed E-state index contributed by atoms with van der Waals surface area (Å²) in [6.07, 6.45) is 4.36. The molecule has 0 bridgehead atoms. The van der Waals surface area contributed by atoms with E-state index in [0.29, 0.717) is 50.3 Å². The number of esters is 1. The van der Waals surface area contributed by atoms with Crippen LogP contribution in [0.1, 0.15) is 36.8 Å². The molecule has 0 amide bonds. The molecule has 2 aromatic rings. The maximum atomic E-state index is 12.8. The highest BCUT2D eigenvalue weighted by Gasteiger charge is 2.26. The number of anilines is 1. The predicted molar refractivity (Wildman–Crippen MR) is 129 cm³/mol. The number of benzene rings is 2. The monoisotopic (exact) mass is 471 g/mol. The Morgan fingerprint density at radius 2 is 1.70 bits per heavy atom. The number of aryl methyl sites for hydroxylation is 2. The highest BCUT2D eigenvalue weighted by Crippen LogP contribution is 2.25. The second-order valence-electron chi connectivity index (χ2n) is 8.77. The standard InChI is InChI=1S/C25H33N3O4S/c1-20-19-23(33(30,31)28-17-13-26-14-18-28)11-12-24(20)32-25(29)6-4-5-21-7-9-22(10-8-21)27-15-2-3-16-27/h7-12,19,26H,2-6,13-18H2,1H3. The number of hydrogen-bond donors (Lipinski definition) is 1. The molecule has 2 fully saturated rings. The van der Waals surface area contributed by atoms with Gasteiger partial charge in [0.25, 0.3) is 0 Å². The smallest absolute Gasteiger partial charge is 0.311 e. The molecule has 8 heteroatoms. The van der Waals surface area contributed by atoms with Gasteiger partial charge in [-0.3, -0.25) is 4.79 Å². The molecule has 1 N–H and O–H groups in total. The van der Waals surface area contributed by atoms with Crippen molar-refractivity contribution in [3.05, 3.63) is 53.6 Å². The third kappa shape index (κ3) is 5.93. The number of nitrogens with one attached hydrogen (secondary N) is 1. The van der Waals surface area contributed by atoms with E-state index in [-0.39, 0.29) is 10.9 Å². The third-order valence-electron chi connectivity index (χ3n) is 6.34. The Labute approximate surface area is 196 Å². The van der Waals surface area contributed by atoms with Crippen LogP contribution in [0.15, 0.2) is 47.4 Å². The van der Waals surface area contributed by atoms with Gasteiger partial charge in [-0.05, 0) is 74.1 Å². The van der Waals surface area contributed by atoms with Crippen molar-refractivity contribution < 1.29 is 17.9 Å². The average Bonchev–Trinajstić information content (AvgIpc) is 3.36. The van der Waals surface area contributed by atoms with Crippen LogP contribution < -0.4 is 15.0 Å². The molecule has 2 heterocycles. The highest BCUT2D eigenvalue weighted by atomic mass is 32.2. The summed E-state index contributed by atoms with van der Waals surface area (Å²) < 4.78 is 32.7. The van der Waals surface area contributed by atoms with Gasteiger partial charge < -0.3 is 15.0 Å². The first-order valence-corrected chi connectivity index (χ1v) is 13.2. The lowest BCUT2D eigenvalue weighted by Crippen LogP contribution is -2.46. The summed E-state index contributed by atoms with van der Waals surface area (Å²) in [5.74, 6) is 0.110. The van der Waals surface area contributed by atoms with E-state index in [1.165, 1.54) is 34.5 Å². The number of carbonyl (C=O) groups excluding carboxylic acids is 1. The molecule has 0 atom stereocenters. The van der Waals surface area contributed by atoms with Crippen LogP contribution in [0.25, 0.3) is 0 Å². The van der Waals surface area contributed by atoms with E-state index in [1.807, 2.05) is 0 Å². The number of piperazine rings is 1. The molecule has 178 valence electrons. The van der Waals surface area contributed by atoms with Gasteiger partial charge in [0.05, 0.1) is 4.90 Å². The molecule has 0 spiro atoms. The van der Waals surface area contributed by atoms with Crippen molar-refractivity contribution in [2.45, 2.75) is 43.9 Å². The highest BCUT2D eigenvalue weighted by molar-refractivity contribution is 7.89. The molecule has 2 aliphatic rings. The SMILES string of the molecule is Cc1cc(S(=O)(=O)N2CCNCC2)ccc1OC(=O)CCCc1ccc(N2CCCC2)cc1. The molecular weight excluding hydrogens is 438 g/mol. The molecule has 0 aromatic heterocycles. The molecule has 7 nitrogen and oxygen atoms in total. The van der Waals surface area contributed by atoms with Crippen molar-refractivity contribution in [3.63, 3.8) is 0 Å². The summed E-state index contributed by atoms with van der Waals surface area (Å²) in [6, 6.07) is 13.3. The summed E-state index contributed by atoms with van der Waals surface area (Å²) in [4.78, 5) is 15.0. The lowest BCUT2D eigenvalue weighted by atomic mass is 10.1. The second kappa shape index (κ2) is 10.7. The van der Waals surface area contributed by atoms with Gasteiger partial charge in [-0.15, -0.1) is 0 Å². The van der Waals surface area contributed by atoms with Gasteiger partial charge in [-0.25, -0.2) is 8.42 Å². The number of ether oxygens (including phenoxy) is 1. The first kappa shape index (κ1) is 23.7. The quantitative estimate of drug-likeness (QED) is 0.471. The number of sulfonamides is 1. The van der Waals surface area contributed by atoms with E-state index in [2.05, 4.69) is 34.5 Å². The molecule has 2 aliphatic heterocycles. The van der Waals surface area contributed by atoms with Crippen LogP contribution in [-0.4, -0.2) is 58.0 Å². The zero-order chi connectivity index (χ0) is 23.3. The van der Waals surface area contributed by atoms with Gasteiger partial charge >= 0.3 is 5.97 Å². The number of carbonyl (C=O) groups is 1. The van der Waals surface area contributed by atoms with E-state index in [0.717, 1.165) is 19.5 Å². The van der Waals surface area contributed by atoms with Crippen LogP contribution >= 0.6 is 0 Å². The molecule has 0 unspecified atom stereocenters. The molecule has 2 aromatic carbocycles. The fraction of sp³-hybridized carbons (Fsp3) is 0.480. The van der Waals surface area contributed by atoms with Crippen LogP contribution in [0.2, 0.25) is 0 Å². The molecule has 4 rings (SSSR count). The third-order valence-corrected chi connectivity index (χ3v) is 8.23. The lowest BCUT2D eigenvalue weighted by Gasteiger charge is -2.26. The Bertz CT molecular complexity index is 1060. The first-order valence-electron chi connectivity index (χ1n) is 11.8. The van der Waals surface area contributed by atoms with Gasteiger partial charge in [0.1, 0.15) is 5.75 Å². The Balaban J connectivity index is 1.27. The molecule has 0 aliphatic carbocycles. The minimum Gasteiger partial charge on any atom is -0.426 e. The molecule has 0 radical (unpaired) electrons. The van der Waals surface area contributed by atoms with Crippen LogP contribution in [0.3, 0.4) is 0 Å². The van der Waals surface area contributed by atoms with E-state index in [1.54, 1.807) is 19.1 Å². The number of hydrogen-bond acceptors (Lipinski definition) is 6. The largest absolute Gasteiger partial charge is 0.426 e. The van der Waals surface area contributed by atoms with Crippen molar-refractivity contribution >= 4 is 21.7 Å². The topological polar surface area (TPSA) is 79.0 Å². The van der Waals surface area contributed by atoms with E-state index in [9.17, 15) is 13.2 Å². The predicted octanol–water partition coefficient (Wildman–Crippen LogP) is 3.12. The molecular formula is C25H33N3O4S. The van der Waals surface area contributed by atoms with Crippen LogP contribution in [-0.2, 0) is 21.2 Å². The van der Waals surface area contributed by atoms with Crippen LogP contribution in [0, 0.1) is 6.92 Å². The van der Waals surface area contributed by atoms with E-state index >= 15 is 0 Å². The Kier molecular flexibility index (Phi) is 7.67. The zero-order valence-electron chi connectivity index (χ0n) is 19.3. The molecule has 33 heavy (non-hydrogen) atoms. The van der Waals surface area contributed by atoms with Gasteiger partial charge in [0, 0.05) is 51.4 Å². The van der Waals surface area contributed by atoms with Gasteiger partial charge in [-0.1, -0.05) is 12.1 Å². The van der Waals surface area contributed by atoms with Gasteiger partial charge in [0.2, 0.25) is 10.0 Å². The van der Waals surface area contributed by atoms with Crippen LogP contribution in [0.5, 0.6) is 5.75 Å². The van der Waals surface area contributed by atoms with Crippen molar-refractivity contribution in [1.82, 2.24) is 9.62 Å². The normalized spacial score (nSPS) is 17.3. The summed E-state index contributed by atoms with van der Waals surface area (Å²) in [7, 11) is -3.53. The molecule has 0 saturated carbocycles. The molecule has 2 saturated heterocycles. The van der Waals surface area contributed by atoms with Crippen molar-refractivity contribution in [3.8, 4) is 5.75 Å². The number of nitrogens with zero attached hydrogens (tertiary/aromatic N) is 2. The summed E-state index contributed by atoms with van der Waals surface area (Å²) >= 11 is 0. The number of rotatable bonds is 8. The van der Waals surface area contributed by atoms with Gasteiger partial charge in [-0.2, -0.15) is 4.31 Å². The summed E-state index contributed by atoms with van der Waals surface area (Å²) in [5.41, 5.74) is 3.12. The Morgan fingerprint density at radius 3 is 2.36 bits per heavy atom. The van der Waals surface area contributed by atoms with Crippen molar-refractivity contribution in [2.24, 2.45) is 0 Å². The van der Waals surface area contributed by atoms with E-state index < -0.39 is 10.0 Å². The zero-order valence-corrected chi connectivity index (χ0v) is 20.1. The average molecular weight is 472 g/mol. The minimum absolute atomic E-state index is 0.235. The maximum absolute atomic E-state index is 12.8. The Morgan fingerprint density at radius 1 is 1.00 bits per heavy atom. The second-order valence-corrected chi connectivity index (χ2v) is 10.7. The summed E-state index contributed by atoms with van der Waals surface area (Å²) in [6.45, 7) is 6.24. The van der Waals surface area contributed by atoms with Crippen LogP contribution in [0.4, 0.5) is 5.69 Å². The van der Waals surface area contributed by atoms with Crippen molar-refractivity contribution in [1.29, 1.82) is 0 Å². The lowest BCUT2D eigenvalue weighted by molar-refractivity contribution is -0.134. The van der Waals surface area contributed by atoms with Gasteiger partial charge in [0.15, 0.2) is 0 Å². The van der Waals surface area contributed by atoms with E-state index in [4.69, 9.17) is 4.74 Å². The fourth-order valence-electron chi connectivity index (χ4n) is 4.39. The minimum atomic E-state index is -3.53. The van der Waals surface area contributed by atoms with Crippen molar-refractivity contribution in [2.75, 3.05) is 44.2 Å².